The summed E-state index contributed by atoms with van der Waals surface area (Å²) in [6.07, 6.45) is 0. The number of amides is 1. The number of nitrogens with zero attached hydrogens (tertiary/aromatic N) is 1. The van der Waals surface area contributed by atoms with Gasteiger partial charge in [-0.15, -0.1) is 0 Å². The van der Waals surface area contributed by atoms with Crippen molar-refractivity contribution < 1.29 is 13.2 Å². The molecule has 1 N–H and O–H groups in total. The number of aryl methyl sites for hydroxylation is 1. The van der Waals surface area contributed by atoms with Crippen molar-refractivity contribution in [3.63, 3.8) is 0 Å². The minimum Gasteiger partial charge on any atom is -0.325 e. The predicted octanol–water partition coefficient (Wildman–Crippen LogP) is 5.24. The standard InChI is InChI=1S/C21H18BrClN2O3S/c1-15-5-11-20(12-6-15)29(27,28)25(19-4-2-3-17(23)13-19)14-21(26)24-18-9-7-16(22)8-10-18/h2-13H,14H2,1H3,(H,24,26). The number of hydrogen-bond acceptors (Lipinski definition) is 3. The summed E-state index contributed by atoms with van der Waals surface area (Å²) in [4.78, 5) is 12.7. The Balaban J connectivity index is 1.93. The molecule has 3 aromatic carbocycles. The van der Waals surface area contributed by atoms with Gasteiger partial charge in [-0.05, 0) is 61.5 Å². The minimum absolute atomic E-state index is 0.0968. The maximum Gasteiger partial charge on any atom is 0.264 e. The van der Waals surface area contributed by atoms with Gasteiger partial charge in [-0.3, -0.25) is 9.10 Å². The molecule has 0 unspecified atom stereocenters. The lowest BCUT2D eigenvalue weighted by Crippen LogP contribution is -2.38. The fourth-order valence-corrected chi connectivity index (χ4v) is 4.51. The zero-order valence-corrected chi connectivity index (χ0v) is 18.6. The van der Waals surface area contributed by atoms with Crippen molar-refractivity contribution in [1.82, 2.24) is 0 Å². The lowest BCUT2D eigenvalue weighted by molar-refractivity contribution is -0.114. The topological polar surface area (TPSA) is 66.5 Å². The molecule has 150 valence electrons. The summed E-state index contributed by atoms with van der Waals surface area (Å²) < 4.78 is 28.5. The van der Waals surface area contributed by atoms with Crippen molar-refractivity contribution >= 4 is 54.8 Å². The van der Waals surface area contributed by atoms with E-state index in [9.17, 15) is 13.2 Å². The zero-order chi connectivity index (χ0) is 21.0. The molecule has 3 aromatic rings. The van der Waals surface area contributed by atoms with Gasteiger partial charge in [0.1, 0.15) is 6.54 Å². The van der Waals surface area contributed by atoms with E-state index in [2.05, 4.69) is 21.2 Å². The van der Waals surface area contributed by atoms with E-state index < -0.39 is 22.5 Å². The summed E-state index contributed by atoms with van der Waals surface area (Å²) in [5.41, 5.74) is 1.81. The third-order valence-corrected chi connectivity index (χ3v) is 6.67. The number of nitrogens with one attached hydrogen (secondary N) is 1. The Labute approximate surface area is 183 Å². The average molecular weight is 494 g/mol. The molecule has 0 fully saturated rings. The number of carbonyl (C=O) groups excluding carboxylic acids is 1. The van der Waals surface area contributed by atoms with Crippen molar-refractivity contribution in [3.05, 3.63) is 87.9 Å². The molecule has 5 nitrogen and oxygen atoms in total. The van der Waals surface area contributed by atoms with Gasteiger partial charge < -0.3 is 5.32 Å². The van der Waals surface area contributed by atoms with Crippen LogP contribution in [0.15, 0.2) is 82.2 Å². The van der Waals surface area contributed by atoms with Crippen LogP contribution in [0.2, 0.25) is 5.02 Å². The highest BCUT2D eigenvalue weighted by Gasteiger charge is 2.27. The van der Waals surface area contributed by atoms with Gasteiger partial charge in [-0.25, -0.2) is 8.42 Å². The second kappa shape index (κ2) is 8.98. The van der Waals surface area contributed by atoms with Gasteiger partial charge in [0.25, 0.3) is 10.0 Å². The maximum absolute atomic E-state index is 13.3. The number of anilines is 2. The quantitative estimate of drug-likeness (QED) is 0.510. The van der Waals surface area contributed by atoms with Crippen LogP contribution in [0, 0.1) is 6.92 Å². The molecule has 3 rings (SSSR count). The highest BCUT2D eigenvalue weighted by atomic mass is 79.9. The molecule has 0 spiro atoms. The van der Waals surface area contributed by atoms with Gasteiger partial charge in [0.2, 0.25) is 5.91 Å². The molecule has 0 radical (unpaired) electrons. The first kappa shape index (κ1) is 21.4. The number of benzene rings is 3. The number of halogens is 2. The first-order valence-electron chi connectivity index (χ1n) is 8.66. The van der Waals surface area contributed by atoms with E-state index in [1.165, 1.54) is 18.2 Å². The second-order valence-corrected chi connectivity index (χ2v) is 9.57. The van der Waals surface area contributed by atoms with Crippen molar-refractivity contribution in [2.45, 2.75) is 11.8 Å². The molecule has 8 heteroatoms. The Bertz CT molecular complexity index is 1120. The minimum atomic E-state index is -3.98. The molecule has 1 amide bonds. The van der Waals surface area contributed by atoms with Crippen molar-refractivity contribution in [2.75, 3.05) is 16.2 Å². The average Bonchev–Trinajstić information content (AvgIpc) is 2.68. The van der Waals surface area contributed by atoms with E-state index in [0.29, 0.717) is 16.4 Å². The van der Waals surface area contributed by atoms with Gasteiger partial charge in [0.05, 0.1) is 10.6 Å². The van der Waals surface area contributed by atoms with E-state index in [1.807, 2.05) is 6.92 Å². The smallest absolute Gasteiger partial charge is 0.264 e. The van der Waals surface area contributed by atoms with E-state index >= 15 is 0 Å². The monoisotopic (exact) mass is 492 g/mol. The molecule has 29 heavy (non-hydrogen) atoms. The number of sulfonamides is 1. The lowest BCUT2D eigenvalue weighted by atomic mass is 10.2. The Morgan fingerprint density at radius 3 is 2.31 bits per heavy atom. The summed E-state index contributed by atoms with van der Waals surface area (Å²) >= 11 is 9.39. The Hall–Kier alpha value is -2.35. The molecular formula is C21H18BrClN2O3S. The third kappa shape index (κ3) is 5.38. The summed E-state index contributed by atoms with van der Waals surface area (Å²) in [5, 5.41) is 3.09. The zero-order valence-electron chi connectivity index (χ0n) is 15.5. The summed E-state index contributed by atoms with van der Waals surface area (Å²) in [6, 6.07) is 19.9. The number of rotatable bonds is 6. The fraction of sp³-hybridized carbons (Fsp3) is 0.0952. The Morgan fingerprint density at radius 2 is 1.69 bits per heavy atom. The van der Waals surface area contributed by atoms with Crippen LogP contribution in [0.25, 0.3) is 0 Å². The van der Waals surface area contributed by atoms with Gasteiger partial charge >= 0.3 is 0 Å². The molecule has 0 atom stereocenters. The van der Waals surface area contributed by atoms with Crippen LogP contribution in [0.3, 0.4) is 0 Å². The first-order chi connectivity index (χ1) is 13.8. The molecule has 0 heterocycles. The van der Waals surface area contributed by atoms with Gasteiger partial charge in [0.15, 0.2) is 0 Å². The van der Waals surface area contributed by atoms with Gasteiger partial charge in [0, 0.05) is 15.2 Å². The maximum atomic E-state index is 13.3. The van der Waals surface area contributed by atoms with Crippen LogP contribution < -0.4 is 9.62 Å². The van der Waals surface area contributed by atoms with E-state index in [4.69, 9.17) is 11.6 Å². The molecule has 0 aliphatic heterocycles. The number of hydrogen-bond donors (Lipinski definition) is 1. The van der Waals surface area contributed by atoms with Crippen LogP contribution in [0.1, 0.15) is 5.56 Å². The summed E-state index contributed by atoms with van der Waals surface area (Å²) in [7, 11) is -3.98. The summed E-state index contributed by atoms with van der Waals surface area (Å²) in [5.74, 6) is -0.469. The van der Waals surface area contributed by atoms with Crippen LogP contribution in [0.4, 0.5) is 11.4 Å². The Kier molecular flexibility index (Phi) is 6.62. The highest BCUT2D eigenvalue weighted by molar-refractivity contribution is 9.10. The number of carbonyl (C=O) groups is 1. The molecule has 0 saturated carbocycles. The SMILES string of the molecule is Cc1ccc(S(=O)(=O)N(CC(=O)Nc2ccc(Br)cc2)c2cccc(Cl)c2)cc1. The van der Waals surface area contributed by atoms with Crippen LogP contribution in [-0.2, 0) is 14.8 Å². The predicted molar refractivity (Wildman–Crippen MR) is 120 cm³/mol. The third-order valence-electron chi connectivity index (χ3n) is 4.12. The van der Waals surface area contributed by atoms with E-state index in [1.54, 1.807) is 54.6 Å². The van der Waals surface area contributed by atoms with Gasteiger partial charge in [-0.1, -0.05) is 51.3 Å². The van der Waals surface area contributed by atoms with Crippen molar-refractivity contribution in [3.8, 4) is 0 Å². The Morgan fingerprint density at radius 1 is 1.03 bits per heavy atom. The fourth-order valence-electron chi connectivity index (χ4n) is 2.65. The van der Waals surface area contributed by atoms with Crippen molar-refractivity contribution in [2.24, 2.45) is 0 Å². The normalized spacial score (nSPS) is 11.1. The van der Waals surface area contributed by atoms with Crippen LogP contribution in [-0.4, -0.2) is 20.9 Å². The van der Waals surface area contributed by atoms with Crippen molar-refractivity contribution in [1.29, 1.82) is 0 Å². The van der Waals surface area contributed by atoms with Gasteiger partial charge in [-0.2, -0.15) is 0 Å². The summed E-state index contributed by atoms with van der Waals surface area (Å²) in [6.45, 7) is 1.48. The molecular weight excluding hydrogens is 476 g/mol. The molecule has 0 bridgehead atoms. The first-order valence-corrected chi connectivity index (χ1v) is 11.3. The molecule has 0 aliphatic carbocycles. The lowest BCUT2D eigenvalue weighted by Gasteiger charge is -2.24. The van der Waals surface area contributed by atoms with Crippen LogP contribution >= 0.6 is 27.5 Å². The van der Waals surface area contributed by atoms with E-state index in [-0.39, 0.29) is 4.90 Å². The molecule has 0 aliphatic rings. The molecule has 0 aromatic heterocycles. The largest absolute Gasteiger partial charge is 0.325 e. The van der Waals surface area contributed by atoms with Crippen LogP contribution in [0.5, 0.6) is 0 Å². The molecule has 0 saturated heterocycles. The second-order valence-electron chi connectivity index (χ2n) is 6.36. The highest BCUT2D eigenvalue weighted by Crippen LogP contribution is 2.26. The van der Waals surface area contributed by atoms with E-state index in [0.717, 1.165) is 14.3 Å².